The van der Waals surface area contributed by atoms with Gasteiger partial charge in [0.15, 0.2) is 5.17 Å². The van der Waals surface area contributed by atoms with Gasteiger partial charge in [0.25, 0.3) is 15.9 Å². The summed E-state index contributed by atoms with van der Waals surface area (Å²) >= 11 is 1.19. The first kappa shape index (κ1) is 15.8. The molecule has 0 saturated carbocycles. The lowest BCUT2D eigenvalue weighted by atomic mass is 10.3. The molecule has 0 spiro atoms. The van der Waals surface area contributed by atoms with Gasteiger partial charge in [-0.15, -0.1) is 6.58 Å². The molecule has 1 heterocycles. The lowest BCUT2D eigenvalue weighted by Crippen LogP contribution is -2.37. The molecule has 21 heavy (non-hydrogen) atoms. The van der Waals surface area contributed by atoms with E-state index in [1.807, 2.05) is 6.92 Å². The van der Waals surface area contributed by atoms with Crippen molar-refractivity contribution in [1.82, 2.24) is 4.31 Å². The highest BCUT2D eigenvalue weighted by Gasteiger charge is 2.44. The van der Waals surface area contributed by atoms with Gasteiger partial charge in [0, 0.05) is 0 Å². The highest BCUT2D eigenvalue weighted by atomic mass is 32.2. The lowest BCUT2D eigenvalue weighted by Gasteiger charge is -2.16. The Morgan fingerprint density at radius 2 is 2.05 bits per heavy atom. The molecule has 0 N–H and O–H groups in total. The summed E-state index contributed by atoms with van der Waals surface area (Å²) in [6.07, 6.45) is 2.11. The third-order valence-corrected chi connectivity index (χ3v) is 6.06. The molecular formula is C14H16N2O3S2. The first-order valence-electron chi connectivity index (χ1n) is 6.48. The molecule has 1 aromatic carbocycles. The minimum atomic E-state index is -3.91. The quantitative estimate of drug-likeness (QED) is 0.779. The zero-order chi connectivity index (χ0) is 15.5. The number of hydrogen-bond acceptors (Lipinski definition) is 5. The number of aliphatic imine (C=N–C) groups is 1. The van der Waals surface area contributed by atoms with Crippen LogP contribution in [0, 0.1) is 0 Å². The second kappa shape index (κ2) is 6.44. The van der Waals surface area contributed by atoms with E-state index in [0.29, 0.717) is 6.42 Å². The predicted molar refractivity (Wildman–Crippen MR) is 84.6 cm³/mol. The van der Waals surface area contributed by atoms with Crippen molar-refractivity contribution >= 4 is 32.9 Å². The first-order valence-corrected chi connectivity index (χ1v) is 8.80. The molecule has 1 fully saturated rings. The van der Waals surface area contributed by atoms with E-state index in [2.05, 4.69) is 11.6 Å². The van der Waals surface area contributed by atoms with Crippen LogP contribution in [0.2, 0.25) is 0 Å². The van der Waals surface area contributed by atoms with Crippen molar-refractivity contribution in [1.29, 1.82) is 0 Å². The van der Waals surface area contributed by atoms with Crippen LogP contribution in [-0.4, -0.2) is 35.6 Å². The molecule has 1 atom stereocenters. The zero-order valence-electron chi connectivity index (χ0n) is 11.6. The Hall–Kier alpha value is -1.60. The molecular weight excluding hydrogens is 308 g/mol. The summed E-state index contributed by atoms with van der Waals surface area (Å²) in [7, 11) is -3.91. The van der Waals surface area contributed by atoms with E-state index in [1.54, 1.807) is 24.3 Å². The summed E-state index contributed by atoms with van der Waals surface area (Å²) in [5.41, 5.74) is 0. The van der Waals surface area contributed by atoms with Gasteiger partial charge < -0.3 is 0 Å². The van der Waals surface area contributed by atoms with Gasteiger partial charge in [0.2, 0.25) is 0 Å². The number of hydrogen-bond donors (Lipinski definition) is 0. The Morgan fingerprint density at radius 1 is 1.38 bits per heavy atom. The fourth-order valence-electron chi connectivity index (χ4n) is 1.87. The molecule has 0 aliphatic carbocycles. The standard InChI is InChI=1S/C14H16N2O3S2/c1-3-10-15-14-16(13(17)12(4-2)20-14)21(18,19)11-8-6-5-7-9-11/h3,5-9,12H,1,4,10H2,2H3/t12-/m0/s1. The van der Waals surface area contributed by atoms with Crippen molar-refractivity contribution in [2.45, 2.75) is 23.5 Å². The Kier molecular flexibility index (Phi) is 4.84. The van der Waals surface area contributed by atoms with Crippen molar-refractivity contribution in [2.24, 2.45) is 4.99 Å². The predicted octanol–water partition coefficient (Wildman–Crippen LogP) is 2.27. The van der Waals surface area contributed by atoms with Crippen LogP contribution in [0.1, 0.15) is 13.3 Å². The van der Waals surface area contributed by atoms with Crippen LogP contribution in [0.15, 0.2) is 52.9 Å². The molecule has 0 bridgehead atoms. The number of amidine groups is 1. The maximum absolute atomic E-state index is 12.7. The maximum atomic E-state index is 12.7. The van der Waals surface area contributed by atoms with Crippen molar-refractivity contribution < 1.29 is 13.2 Å². The van der Waals surface area contributed by atoms with Gasteiger partial charge in [-0.2, -0.15) is 4.31 Å². The average Bonchev–Trinajstić information content (AvgIpc) is 2.82. The van der Waals surface area contributed by atoms with Gasteiger partial charge in [-0.25, -0.2) is 8.42 Å². The van der Waals surface area contributed by atoms with Gasteiger partial charge in [-0.3, -0.25) is 9.79 Å². The maximum Gasteiger partial charge on any atom is 0.272 e. The van der Waals surface area contributed by atoms with E-state index in [1.165, 1.54) is 23.9 Å². The van der Waals surface area contributed by atoms with Crippen molar-refractivity contribution in [3.63, 3.8) is 0 Å². The monoisotopic (exact) mass is 324 g/mol. The largest absolute Gasteiger partial charge is 0.272 e. The Balaban J connectivity index is 2.47. The van der Waals surface area contributed by atoms with E-state index in [0.717, 1.165) is 4.31 Å². The highest BCUT2D eigenvalue weighted by molar-refractivity contribution is 8.17. The second-order valence-electron chi connectivity index (χ2n) is 4.35. The van der Waals surface area contributed by atoms with Crippen LogP contribution >= 0.6 is 11.8 Å². The summed E-state index contributed by atoms with van der Waals surface area (Å²) in [6, 6.07) is 7.91. The topological polar surface area (TPSA) is 66.8 Å². The Bertz CT molecular complexity index is 669. The number of carbonyl (C=O) groups excluding carboxylic acids is 1. The number of benzene rings is 1. The smallest absolute Gasteiger partial charge is 0.272 e. The van der Waals surface area contributed by atoms with Crippen molar-refractivity contribution in [2.75, 3.05) is 6.54 Å². The van der Waals surface area contributed by atoms with E-state index in [4.69, 9.17) is 0 Å². The van der Waals surface area contributed by atoms with Crippen LogP contribution in [0.3, 0.4) is 0 Å². The summed E-state index contributed by atoms with van der Waals surface area (Å²) in [5.74, 6) is -0.436. The van der Waals surface area contributed by atoms with Crippen LogP contribution < -0.4 is 0 Å². The van der Waals surface area contributed by atoms with Gasteiger partial charge >= 0.3 is 0 Å². The molecule has 0 aromatic heterocycles. The Morgan fingerprint density at radius 3 is 2.62 bits per heavy atom. The first-order chi connectivity index (χ1) is 10.0. The van der Waals surface area contributed by atoms with E-state index in [9.17, 15) is 13.2 Å². The number of nitrogens with zero attached hydrogens (tertiary/aromatic N) is 2. The average molecular weight is 324 g/mol. The highest BCUT2D eigenvalue weighted by Crippen LogP contribution is 2.33. The van der Waals surface area contributed by atoms with Gasteiger partial charge in [-0.1, -0.05) is 43.0 Å². The number of carbonyl (C=O) groups is 1. The minimum absolute atomic E-state index is 0.0852. The van der Waals surface area contributed by atoms with Gasteiger partial charge in [-0.05, 0) is 18.6 Å². The molecule has 1 saturated heterocycles. The molecule has 1 aromatic rings. The van der Waals surface area contributed by atoms with Crippen LogP contribution in [0.25, 0.3) is 0 Å². The fourth-order valence-corrected chi connectivity index (χ4v) is 4.66. The fraction of sp³-hybridized carbons (Fsp3) is 0.286. The summed E-state index contributed by atoms with van der Waals surface area (Å²) in [4.78, 5) is 16.6. The number of amides is 1. The third-order valence-electron chi connectivity index (χ3n) is 2.90. The molecule has 7 heteroatoms. The van der Waals surface area contributed by atoms with Crippen molar-refractivity contribution in [3.05, 3.63) is 43.0 Å². The lowest BCUT2D eigenvalue weighted by molar-refractivity contribution is -0.122. The molecule has 0 radical (unpaired) electrons. The number of sulfonamides is 1. The van der Waals surface area contributed by atoms with Crippen LogP contribution in [-0.2, 0) is 14.8 Å². The number of rotatable bonds is 5. The van der Waals surface area contributed by atoms with Crippen LogP contribution in [0.5, 0.6) is 0 Å². The molecule has 5 nitrogen and oxygen atoms in total. The van der Waals surface area contributed by atoms with Gasteiger partial charge in [0.1, 0.15) is 0 Å². The summed E-state index contributed by atoms with van der Waals surface area (Å²) in [5, 5.41) is -0.192. The SMILES string of the molecule is C=CCN=C1S[C@@H](CC)C(=O)N1S(=O)(=O)c1ccccc1. The van der Waals surface area contributed by atoms with Crippen LogP contribution in [0.4, 0.5) is 0 Å². The molecule has 1 amide bonds. The van der Waals surface area contributed by atoms with Gasteiger partial charge in [0.05, 0.1) is 16.7 Å². The van der Waals surface area contributed by atoms with E-state index < -0.39 is 21.2 Å². The third kappa shape index (κ3) is 3.03. The van der Waals surface area contributed by atoms with E-state index >= 15 is 0 Å². The van der Waals surface area contributed by atoms with Crippen molar-refractivity contribution in [3.8, 4) is 0 Å². The molecule has 112 valence electrons. The second-order valence-corrected chi connectivity index (χ2v) is 7.30. The Labute approximate surface area is 128 Å². The molecule has 1 aliphatic rings. The number of thioether (sulfide) groups is 1. The molecule has 2 rings (SSSR count). The minimum Gasteiger partial charge on any atom is -0.272 e. The zero-order valence-corrected chi connectivity index (χ0v) is 13.2. The normalized spacial score (nSPS) is 21.0. The summed E-state index contributed by atoms with van der Waals surface area (Å²) < 4.78 is 26.2. The molecule has 0 unspecified atom stereocenters. The molecule has 1 aliphatic heterocycles. The van der Waals surface area contributed by atoms with E-state index in [-0.39, 0.29) is 16.6 Å². The summed E-state index contributed by atoms with van der Waals surface area (Å²) in [6.45, 7) is 5.67.